The van der Waals surface area contributed by atoms with Gasteiger partial charge >= 0.3 is 6.03 Å². The molecular weight excluding hydrogens is 384 g/mol. The lowest BCUT2D eigenvalue weighted by Crippen LogP contribution is -2.19. The molecule has 1 heterocycles. The van der Waals surface area contributed by atoms with Gasteiger partial charge in [-0.2, -0.15) is 4.98 Å². The molecule has 0 radical (unpaired) electrons. The van der Waals surface area contributed by atoms with Crippen molar-refractivity contribution in [3.05, 3.63) is 60.3 Å². The predicted molar refractivity (Wildman–Crippen MR) is 122 cm³/mol. The second-order valence-electron chi connectivity index (χ2n) is 6.60. The third-order valence-corrected chi connectivity index (χ3v) is 4.75. The SMILES string of the molecule is CSc1cccc(NC(=O)Nc2ccc(Nc3nc(C)cc(N(C)C)n3)cc2)c1. The maximum absolute atomic E-state index is 12.2. The highest BCUT2D eigenvalue weighted by Gasteiger charge is 2.06. The molecule has 0 spiro atoms. The molecule has 0 fully saturated rings. The molecule has 2 amide bonds. The molecule has 0 saturated heterocycles. The van der Waals surface area contributed by atoms with E-state index in [9.17, 15) is 4.79 Å². The summed E-state index contributed by atoms with van der Waals surface area (Å²) in [4.78, 5) is 24.1. The van der Waals surface area contributed by atoms with Crippen LogP contribution in [0.1, 0.15) is 5.69 Å². The average molecular weight is 409 g/mol. The summed E-state index contributed by atoms with van der Waals surface area (Å²) in [6.45, 7) is 1.93. The lowest BCUT2D eigenvalue weighted by atomic mass is 10.3. The van der Waals surface area contributed by atoms with Crippen LogP contribution < -0.4 is 20.9 Å². The zero-order valence-electron chi connectivity index (χ0n) is 16.9. The highest BCUT2D eigenvalue weighted by atomic mass is 32.2. The van der Waals surface area contributed by atoms with Gasteiger partial charge in [0.1, 0.15) is 5.82 Å². The van der Waals surface area contributed by atoms with E-state index in [1.807, 2.05) is 86.8 Å². The Bertz CT molecular complexity index is 991. The number of benzene rings is 2. The molecule has 0 aliphatic heterocycles. The fourth-order valence-corrected chi connectivity index (χ4v) is 3.06. The number of hydrogen-bond donors (Lipinski definition) is 3. The number of rotatable bonds is 6. The van der Waals surface area contributed by atoms with Gasteiger partial charge < -0.3 is 20.9 Å². The molecule has 3 rings (SSSR count). The third kappa shape index (κ3) is 5.86. The Morgan fingerprint density at radius 2 is 1.62 bits per heavy atom. The van der Waals surface area contributed by atoms with Gasteiger partial charge in [0.15, 0.2) is 0 Å². The van der Waals surface area contributed by atoms with Crippen molar-refractivity contribution in [3.63, 3.8) is 0 Å². The maximum atomic E-state index is 12.2. The lowest BCUT2D eigenvalue weighted by Gasteiger charge is -2.14. The highest BCUT2D eigenvalue weighted by molar-refractivity contribution is 7.98. The highest BCUT2D eigenvalue weighted by Crippen LogP contribution is 2.21. The number of aryl methyl sites for hydroxylation is 1. The largest absolute Gasteiger partial charge is 0.363 e. The Kier molecular flexibility index (Phi) is 6.56. The molecule has 7 nitrogen and oxygen atoms in total. The summed E-state index contributed by atoms with van der Waals surface area (Å²) in [5.41, 5.74) is 3.15. The predicted octanol–water partition coefficient (Wildman–Crippen LogP) is 4.96. The number of aromatic nitrogens is 2. The Labute approximate surface area is 175 Å². The van der Waals surface area contributed by atoms with Crippen LogP contribution in [-0.2, 0) is 0 Å². The fraction of sp³-hybridized carbons (Fsp3) is 0.190. The standard InChI is InChI=1S/C21H24N6OS/c1-14-12-19(27(2)3)26-20(22-14)23-15-8-10-16(11-9-15)24-21(28)25-17-6-5-7-18(13-17)29-4/h5-13H,1-4H3,(H,22,23,26)(H2,24,25,28). The molecule has 1 aromatic heterocycles. The number of anilines is 5. The summed E-state index contributed by atoms with van der Waals surface area (Å²) in [5.74, 6) is 1.36. The third-order valence-electron chi connectivity index (χ3n) is 4.03. The minimum Gasteiger partial charge on any atom is -0.363 e. The summed E-state index contributed by atoms with van der Waals surface area (Å²) in [5, 5.41) is 8.86. The Hall–Kier alpha value is -3.26. The van der Waals surface area contributed by atoms with E-state index < -0.39 is 0 Å². The van der Waals surface area contributed by atoms with Gasteiger partial charge in [-0.25, -0.2) is 9.78 Å². The van der Waals surface area contributed by atoms with Crippen molar-refractivity contribution in [2.45, 2.75) is 11.8 Å². The van der Waals surface area contributed by atoms with Gasteiger partial charge in [0.25, 0.3) is 0 Å². The zero-order valence-corrected chi connectivity index (χ0v) is 17.7. The lowest BCUT2D eigenvalue weighted by molar-refractivity contribution is 0.262. The van der Waals surface area contributed by atoms with E-state index in [0.717, 1.165) is 27.8 Å². The number of carbonyl (C=O) groups excluding carboxylic acids is 1. The number of amides is 2. The normalized spacial score (nSPS) is 10.3. The quantitative estimate of drug-likeness (QED) is 0.500. The second kappa shape index (κ2) is 9.29. The van der Waals surface area contributed by atoms with E-state index in [0.29, 0.717) is 11.6 Å². The van der Waals surface area contributed by atoms with Gasteiger partial charge in [0.05, 0.1) is 0 Å². The molecule has 0 aliphatic carbocycles. The summed E-state index contributed by atoms with van der Waals surface area (Å²) < 4.78 is 0. The number of nitrogens with zero attached hydrogens (tertiary/aromatic N) is 3. The number of hydrogen-bond acceptors (Lipinski definition) is 6. The molecular formula is C21H24N6OS. The molecule has 29 heavy (non-hydrogen) atoms. The zero-order chi connectivity index (χ0) is 20.8. The van der Waals surface area contributed by atoms with Crippen molar-refractivity contribution < 1.29 is 4.79 Å². The molecule has 0 aliphatic rings. The average Bonchev–Trinajstić information content (AvgIpc) is 2.69. The molecule has 0 bridgehead atoms. The van der Waals surface area contributed by atoms with Crippen molar-refractivity contribution in [2.75, 3.05) is 41.2 Å². The number of thioether (sulfide) groups is 1. The van der Waals surface area contributed by atoms with Crippen LogP contribution in [0.4, 0.5) is 33.6 Å². The first-order valence-corrected chi connectivity index (χ1v) is 10.3. The first kappa shape index (κ1) is 20.5. The molecule has 3 N–H and O–H groups in total. The maximum Gasteiger partial charge on any atom is 0.323 e. The Morgan fingerprint density at radius 1 is 0.931 bits per heavy atom. The number of urea groups is 1. The van der Waals surface area contributed by atoms with Crippen LogP contribution in [0.5, 0.6) is 0 Å². The van der Waals surface area contributed by atoms with Gasteiger partial charge in [0, 0.05) is 47.8 Å². The van der Waals surface area contributed by atoms with E-state index in [1.165, 1.54) is 0 Å². The number of carbonyl (C=O) groups is 1. The van der Waals surface area contributed by atoms with Crippen LogP contribution in [0.15, 0.2) is 59.5 Å². The summed E-state index contributed by atoms with van der Waals surface area (Å²) in [7, 11) is 3.88. The van der Waals surface area contributed by atoms with Crippen LogP contribution in [0.2, 0.25) is 0 Å². The van der Waals surface area contributed by atoms with E-state index in [4.69, 9.17) is 0 Å². The molecule has 0 saturated carbocycles. The monoisotopic (exact) mass is 408 g/mol. The molecule has 2 aromatic carbocycles. The second-order valence-corrected chi connectivity index (χ2v) is 7.48. The van der Waals surface area contributed by atoms with Crippen LogP contribution in [0, 0.1) is 6.92 Å². The smallest absolute Gasteiger partial charge is 0.323 e. The summed E-state index contributed by atoms with van der Waals surface area (Å²) in [6, 6.07) is 16.7. The van der Waals surface area contributed by atoms with Gasteiger partial charge in [-0.3, -0.25) is 0 Å². The van der Waals surface area contributed by atoms with Crippen LogP contribution in [0.25, 0.3) is 0 Å². The summed E-state index contributed by atoms with van der Waals surface area (Å²) in [6.07, 6.45) is 2.00. The molecule has 8 heteroatoms. The van der Waals surface area contributed by atoms with Crippen molar-refractivity contribution in [1.82, 2.24) is 9.97 Å². The Morgan fingerprint density at radius 3 is 2.31 bits per heavy atom. The van der Waals surface area contributed by atoms with Crippen LogP contribution in [0.3, 0.4) is 0 Å². The Balaban J connectivity index is 1.62. The van der Waals surface area contributed by atoms with Gasteiger partial charge in [-0.15, -0.1) is 11.8 Å². The fourth-order valence-electron chi connectivity index (χ4n) is 2.60. The van der Waals surface area contributed by atoms with E-state index >= 15 is 0 Å². The van der Waals surface area contributed by atoms with Crippen molar-refractivity contribution in [3.8, 4) is 0 Å². The van der Waals surface area contributed by atoms with Crippen LogP contribution in [-0.4, -0.2) is 36.4 Å². The molecule has 3 aromatic rings. The van der Waals surface area contributed by atoms with Crippen LogP contribution >= 0.6 is 11.8 Å². The van der Waals surface area contributed by atoms with Crippen molar-refractivity contribution in [1.29, 1.82) is 0 Å². The summed E-state index contributed by atoms with van der Waals surface area (Å²) >= 11 is 1.63. The first-order valence-electron chi connectivity index (χ1n) is 9.05. The van der Waals surface area contributed by atoms with E-state index in [2.05, 4.69) is 25.9 Å². The van der Waals surface area contributed by atoms with E-state index in [-0.39, 0.29) is 6.03 Å². The van der Waals surface area contributed by atoms with Gasteiger partial charge in [0.2, 0.25) is 5.95 Å². The molecule has 0 atom stereocenters. The van der Waals surface area contributed by atoms with Gasteiger partial charge in [-0.05, 0) is 55.6 Å². The minimum absolute atomic E-state index is 0.290. The minimum atomic E-state index is -0.290. The topological polar surface area (TPSA) is 82.2 Å². The van der Waals surface area contributed by atoms with E-state index in [1.54, 1.807) is 11.8 Å². The van der Waals surface area contributed by atoms with Crippen molar-refractivity contribution in [2.24, 2.45) is 0 Å². The molecule has 150 valence electrons. The van der Waals surface area contributed by atoms with Gasteiger partial charge in [-0.1, -0.05) is 6.07 Å². The number of nitrogens with one attached hydrogen (secondary N) is 3. The van der Waals surface area contributed by atoms with Crippen molar-refractivity contribution >= 4 is 46.6 Å². The first-order chi connectivity index (χ1) is 13.9. The molecule has 0 unspecified atom stereocenters.